The Bertz CT molecular complexity index is 399. The molecule has 0 aromatic heterocycles. The van der Waals surface area contributed by atoms with Gasteiger partial charge in [0.25, 0.3) is 0 Å². The van der Waals surface area contributed by atoms with Crippen molar-refractivity contribution in [2.24, 2.45) is 0 Å². The van der Waals surface area contributed by atoms with Crippen molar-refractivity contribution in [3.63, 3.8) is 0 Å². The van der Waals surface area contributed by atoms with Crippen LogP contribution in [0.2, 0.25) is 0 Å². The van der Waals surface area contributed by atoms with Gasteiger partial charge in [0, 0.05) is 45.8 Å². The summed E-state index contributed by atoms with van der Waals surface area (Å²) in [5.74, 6) is -0.759. The summed E-state index contributed by atoms with van der Waals surface area (Å²) >= 11 is 0. The van der Waals surface area contributed by atoms with Crippen molar-refractivity contribution in [3.8, 4) is 0 Å². The first kappa shape index (κ1) is 24.3. The summed E-state index contributed by atoms with van der Waals surface area (Å²) < 4.78 is 13.9. The summed E-state index contributed by atoms with van der Waals surface area (Å²) in [5, 5.41) is 3.19. The zero-order valence-corrected chi connectivity index (χ0v) is 16.4. The average Bonchev–Trinajstić information content (AvgIpc) is 2.65. The van der Waals surface area contributed by atoms with Crippen molar-refractivity contribution in [1.82, 2.24) is 15.1 Å². The van der Waals surface area contributed by atoms with Crippen LogP contribution in [0.5, 0.6) is 0 Å². The van der Waals surface area contributed by atoms with Gasteiger partial charge in [-0.1, -0.05) is 0 Å². The van der Waals surface area contributed by atoms with Crippen LogP contribution in [0.15, 0.2) is 0 Å². The summed E-state index contributed by atoms with van der Waals surface area (Å²) in [6, 6.07) is 0. The lowest BCUT2D eigenvalue weighted by Crippen LogP contribution is -2.38. The Labute approximate surface area is 155 Å². The summed E-state index contributed by atoms with van der Waals surface area (Å²) in [5.41, 5.74) is 0. The van der Waals surface area contributed by atoms with E-state index in [1.54, 1.807) is 0 Å². The zero-order valence-electron chi connectivity index (χ0n) is 16.4. The first-order valence-corrected chi connectivity index (χ1v) is 8.75. The van der Waals surface area contributed by atoms with Gasteiger partial charge in [-0.3, -0.25) is 14.4 Å². The molecule has 0 atom stereocenters. The van der Waals surface area contributed by atoms with Gasteiger partial charge in [0.05, 0.1) is 40.6 Å². The fraction of sp³-hybridized carbons (Fsp3) is 0.824. The minimum atomic E-state index is -0.267. The van der Waals surface area contributed by atoms with Crippen LogP contribution >= 0.6 is 0 Å². The lowest BCUT2D eigenvalue weighted by Gasteiger charge is -2.25. The monoisotopic (exact) mass is 375 g/mol. The number of carbonyl (C=O) groups excluding carboxylic acids is 3. The molecule has 0 aliphatic carbocycles. The highest BCUT2D eigenvalue weighted by atomic mass is 16.5. The van der Waals surface area contributed by atoms with E-state index in [2.05, 4.69) is 29.3 Å². The third-order valence-corrected chi connectivity index (χ3v) is 3.92. The molecule has 152 valence electrons. The number of carbonyl (C=O) groups is 3. The molecule has 9 nitrogen and oxygen atoms in total. The highest BCUT2D eigenvalue weighted by Crippen LogP contribution is 1.98. The van der Waals surface area contributed by atoms with Crippen LogP contribution in [-0.4, -0.2) is 102 Å². The van der Waals surface area contributed by atoms with Gasteiger partial charge in [0.1, 0.15) is 0 Å². The Balaban J connectivity index is 4.07. The average molecular weight is 375 g/mol. The van der Waals surface area contributed by atoms with Crippen LogP contribution in [-0.2, 0) is 28.6 Å². The van der Waals surface area contributed by atoms with Gasteiger partial charge < -0.3 is 29.3 Å². The van der Waals surface area contributed by atoms with E-state index < -0.39 is 0 Å². The highest BCUT2D eigenvalue weighted by molar-refractivity contribution is 5.70. The molecule has 0 unspecified atom stereocenters. The van der Waals surface area contributed by atoms with E-state index in [-0.39, 0.29) is 30.7 Å². The van der Waals surface area contributed by atoms with Crippen LogP contribution in [0.1, 0.15) is 19.3 Å². The molecule has 0 aromatic carbocycles. The number of hydrogen-bond donors (Lipinski definition) is 1. The van der Waals surface area contributed by atoms with Gasteiger partial charge in [-0.05, 0) is 7.05 Å². The van der Waals surface area contributed by atoms with Gasteiger partial charge >= 0.3 is 17.9 Å². The van der Waals surface area contributed by atoms with Gasteiger partial charge in [-0.25, -0.2) is 0 Å². The van der Waals surface area contributed by atoms with Crippen molar-refractivity contribution in [2.75, 3.05) is 74.2 Å². The topological polar surface area (TPSA) is 97.4 Å². The minimum absolute atomic E-state index is 0.224. The van der Waals surface area contributed by atoms with E-state index in [0.29, 0.717) is 26.1 Å². The summed E-state index contributed by atoms with van der Waals surface area (Å²) in [6.07, 6.45) is 0.933. The fourth-order valence-electron chi connectivity index (χ4n) is 2.15. The molecule has 0 fully saturated rings. The quantitative estimate of drug-likeness (QED) is 0.231. The predicted molar refractivity (Wildman–Crippen MR) is 96.7 cm³/mol. The number of nitrogens with zero attached hydrogens (tertiary/aromatic N) is 2. The number of nitrogens with one attached hydrogen (secondary N) is 1. The van der Waals surface area contributed by atoms with E-state index in [9.17, 15) is 14.4 Å². The number of likely N-dealkylation sites (N-methyl/N-ethyl adjacent to an activating group) is 1. The number of esters is 3. The normalized spacial score (nSPS) is 10.8. The molecule has 26 heavy (non-hydrogen) atoms. The molecule has 9 heteroatoms. The molecule has 0 heterocycles. The predicted octanol–water partition coefficient (Wildman–Crippen LogP) is -0.501. The number of ether oxygens (including phenoxy) is 3. The molecule has 0 rings (SSSR count). The van der Waals surface area contributed by atoms with Crippen molar-refractivity contribution in [3.05, 3.63) is 0 Å². The van der Waals surface area contributed by atoms with Crippen LogP contribution in [0.25, 0.3) is 0 Å². The Morgan fingerprint density at radius 2 is 1.19 bits per heavy atom. The second-order valence-electron chi connectivity index (χ2n) is 5.87. The number of hydrogen-bond acceptors (Lipinski definition) is 9. The van der Waals surface area contributed by atoms with Crippen molar-refractivity contribution >= 4 is 17.9 Å². The van der Waals surface area contributed by atoms with Gasteiger partial charge in [0.2, 0.25) is 0 Å². The molecular formula is C17H33N3O6. The second kappa shape index (κ2) is 15.5. The van der Waals surface area contributed by atoms with Crippen molar-refractivity contribution in [2.45, 2.75) is 19.3 Å². The standard InChI is InChI=1S/C17H33N3O6/c1-19(12-9-18-8-5-15(21)24-2)13-14-20(10-6-16(22)25-3)11-7-17(23)26-4/h18H,5-14H2,1-4H3. The maximum atomic E-state index is 11.3. The Kier molecular flexibility index (Phi) is 14.5. The largest absolute Gasteiger partial charge is 0.469 e. The second-order valence-corrected chi connectivity index (χ2v) is 5.87. The molecule has 0 aliphatic rings. The lowest BCUT2D eigenvalue weighted by molar-refractivity contribution is -0.142. The first-order chi connectivity index (χ1) is 12.4. The van der Waals surface area contributed by atoms with Crippen LogP contribution in [0, 0.1) is 0 Å². The lowest BCUT2D eigenvalue weighted by atomic mass is 10.3. The molecule has 0 saturated carbocycles. The smallest absolute Gasteiger partial charge is 0.306 e. The van der Waals surface area contributed by atoms with Gasteiger partial charge in [0.15, 0.2) is 0 Å². The maximum absolute atomic E-state index is 11.3. The molecule has 0 saturated heterocycles. The van der Waals surface area contributed by atoms with Crippen molar-refractivity contribution in [1.29, 1.82) is 0 Å². The summed E-state index contributed by atoms with van der Waals surface area (Å²) in [6.45, 7) is 4.77. The Morgan fingerprint density at radius 1 is 0.692 bits per heavy atom. The van der Waals surface area contributed by atoms with Crippen LogP contribution in [0.4, 0.5) is 0 Å². The van der Waals surface area contributed by atoms with E-state index >= 15 is 0 Å². The summed E-state index contributed by atoms with van der Waals surface area (Å²) in [4.78, 5) is 37.9. The molecule has 1 N–H and O–H groups in total. The van der Waals surface area contributed by atoms with Crippen LogP contribution in [0.3, 0.4) is 0 Å². The SMILES string of the molecule is COC(=O)CCNCCN(C)CCN(CCC(=O)OC)CCC(=O)OC. The first-order valence-electron chi connectivity index (χ1n) is 8.75. The zero-order chi connectivity index (χ0) is 19.8. The molecule has 0 spiro atoms. The fourth-order valence-corrected chi connectivity index (χ4v) is 2.15. The van der Waals surface area contributed by atoms with E-state index in [1.807, 2.05) is 7.05 Å². The van der Waals surface area contributed by atoms with Gasteiger partial charge in [-0.2, -0.15) is 0 Å². The molecule has 0 aromatic rings. The van der Waals surface area contributed by atoms with E-state index in [0.717, 1.165) is 26.2 Å². The minimum Gasteiger partial charge on any atom is -0.469 e. The molecule has 0 aliphatic heterocycles. The summed E-state index contributed by atoms with van der Waals surface area (Å²) in [7, 11) is 6.10. The van der Waals surface area contributed by atoms with Crippen molar-refractivity contribution < 1.29 is 28.6 Å². The molecule has 0 bridgehead atoms. The maximum Gasteiger partial charge on any atom is 0.306 e. The third kappa shape index (κ3) is 13.6. The Morgan fingerprint density at radius 3 is 1.69 bits per heavy atom. The van der Waals surface area contributed by atoms with Crippen LogP contribution < -0.4 is 5.32 Å². The van der Waals surface area contributed by atoms with Gasteiger partial charge in [-0.15, -0.1) is 0 Å². The molecular weight excluding hydrogens is 342 g/mol. The third-order valence-electron chi connectivity index (χ3n) is 3.92. The molecule has 0 radical (unpaired) electrons. The Hall–Kier alpha value is -1.71. The number of rotatable bonds is 15. The van der Waals surface area contributed by atoms with E-state index in [4.69, 9.17) is 0 Å². The highest BCUT2D eigenvalue weighted by Gasteiger charge is 2.12. The molecule has 0 amide bonds. The van der Waals surface area contributed by atoms with E-state index in [1.165, 1.54) is 21.3 Å². The number of methoxy groups -OCH3 is 3.